The number of nitrogens with zero attached hydrogens (tertiary/aromatic N) is 1. The summed E-state index contributed by atoms with van der Waals surface area (Å²) in [6.45, 7) is 9.14. The zero-order chi connectivity index (χ0) is 9.91. The first-order chi connectivity index (χ1) is 5.78. The third-order valence-electron chi connectivity index (χ3n) is 3.21. The summed E-state index contributed by atoms with van der Waals surface area (Å²) in [7, 11) is 0. The fourth-order valence-electron chi connectivity index (χ4n) is 2.91. The quantitative estimate of drug-likeness (QED) is 0.584. The Morgan fingerprint density at radius 3 is 1.77 bits per heavy atom. The Morgan fingerprint density at radius 1 is 1.08 bits per heavy atom. The van der Waals surface area contributed by atoms with Gasteiger partial charge in [0.05, 0.1) is 12.2 Å². The van der Waals surface area contributed by atoms with Gasteiger partial charge in [0.2, 0.25) is 0 Å². The number of hydroxylamine groups is 2. The van der Waals surface area contributed by atoms with Gasteiger partial charge in [-0.15, -0.1) is 0 Å². The summed E-state index contributed by atoms with van der Waals surface area (Å²) in [5.41, 5.74) is -0.261. The average Bonchev–Trinajstić information content (AvgIpc) is 2.62. The van der Waals surface area contributed by atoms with Gasteiger partial charge < -0.3 is 9.94 Å². The molecule has 0 atom stereocenters. The molecule has 0 bridgehead atoms. The van der Waals surface area contributed by atoms with Crippen LogP contribution in [0, 0.1) is 0 Å². The predicted molar refractivity (Wildman–Crippen MR) is 49.7 cm³/mol. The second-order valence-corrected chi connectivity index (χ2v) is 5.76. The van der Waals surface area contributed by atoms with Crippen molar-refractivity contribution in [2.45, 2.75) is 57.2 Å². The first-order valence-electron chi connectivity index (χ1n) is 4.91. The molecule has 13 heavy (non-hydrogen) atoms. The minimum atomic E-state index is -0.168. The molecule has 3 heteroatoms. The van der Waals surface area contributed by atoms with Crippen LogP contribution in [-0.2, 0) is 4.74 Å². The van der Waals surface area contributed by atoms with Crippen LogP contribution in [0.1, 0.15) is 40.5 Å². The topological polar surface area (TPSA) is 36.0 Å². The van der Waals surface area contributed by atoms with Gasteiger partial charge in [0.25, 0.3) is 0 Å². The normalized spacial score (nSPS) is 34.8. The van der Waals surface area contributed by atoms with Crippen LogP contribution in [0.5, 0.6) is 0 Å². The van der Waals surface area contributed by atoms with Crippen LogP contribution in [0.2, 0.25) is 0 Å². The number of hydrogen-bond acceptors (Lipinski definition) is 3. The van der Waals surface area contributed by atoms with Crippen molar-refractivity contribution < 1.29 is 9.94 Å². The van der Waals surface area contributed by atoms with E-state index in [4.69, 9.17) is 4.74 Å². The summed E-state index contributed by atoms with van der Waals surface area (Å²) >= 11 is 0. The molecule has 0 aromatic heterocycles. The molecular formula is C10H19NO2. The van der Waals surface area contributed by atoms with Crippen LogP contribution in [0.3, 0.4) is 0 Å². The van der Waals surface area contributed by atoms with Crippen LogP contribution in [-0.4, -0.2) is 33.6 Å². The van der Waals surface area contributed by atoms with Gasteiger partial charge in [-0.3, -0.25) is 0 Å². The van der Waals surface area contributed by atoms with E-state index in [1.54, 1.807) is 0 Å². The zero-order valence-corrected chi connectivity index (χ0v) is 8.92. The van der Waals surface area contributed by atoms with Crippen molar-refractivity contribution in [1.82, 2.24) is 5.06 Å². The summed E-state index contributed by atoms with van der Waals surface area (Å²) in [5, 5.41) is 11.5. The van der Waals surface area contributed by atoms with Gasteiger partial charge in [-0.25, -0.2) is 0 Å². The van der Waals surface area contributed by atoms with E-state index in [2.05, 4.69) is 27.7 Å². The van der Waals surface area contributed by atoms with E-state index in [1.807, 2.05) is 0 Å². The van der Waals surface area contributed by atoms with Crippen LogP contribution < -0.4 is 0 Å². The maximum Gasteiger partial charge on any atom is 0.0953 e. The van der Waals surface area contributed by atoms with Gasteiger partial charge in [-0.1, -0.05) is 0 Å². The molecule has 2 heterocycles. The standard InChI is InChI=1S/C10H19NO2/c1-8(2)5-10(7-13-10)6-9(3,4)11(8)12/h12H,5-7H2,1-4H3. The number of ether oxygens (including phenoxy) is 1. The summed E-state index contributed by atoms with van der Waals surface area (Å²) < 4.78 is 5.52. The largest absolute Gasteiger partial charge is 0.369 e. The van der Waals surface area contributed by atoms with Crippen LogP contribution in [0.15, 0.2) is 0 Å². The van der Waals surface area contributed by atoms with Crippen molar-refractivity contribution in [3.63, 3.8) is 0 Å². The van der Waals surface area contributed by atoms with Crippen molar-refractivity contribution in [2.75, 3.05) is 6.61 Å². The van der Waals surface area contributed by atoms with Gasteiger partial charge >= 0.3 is 0 Å². The SMILES string of the molecule is CC1(C)CC2(CO2)CC(C)(C)N1O. The second kappa shape index (κ2) is 2.27. The second-order valence-electron chi connectivity index (χ2n) is 5.76. The average molecular weight is 185 g/mol. The molecule has 0 aliphatic carbocycles. The van der Waals surface area contributed by atoms with Crippen molar-refractivity contribution in [1.29, 1.82) is 0 Å². The third kappa shape index (κ3) is 1.39. The van der Waals surface area contributed by atoms with Crippen LogP contribution >= 0.6 is 0 Å². The Bertz CT molecular complexity index is 211. The van der Waals surface area contributed by atoms with Crippen LogP contribution in [0.25, 0.3) is 0 Å². The van der Waals surface area contributed by atoms with E-state index in [1.165, 1.54) is 5.06 Å². The van der Waals surface area contributed by atoms with E-state index in [0.29, 0.717) is 0 Å². The van der Waals surface area contributed by atoms with Crippen molar-refractivity contribution in [3.8, 4) is 0 Å². The molecule has 0 aromatic rings. The molecule has 3 nitrogen and oxygen atoms in total. The van der Waals surface area contributed by atoms with Gasteiger partial charge in [0, 0.05) is 11.1 Å². The van der Waals surface area contributed by atoms with Crippen molar-refractivity contribution in [3.05, 3.63) is 0 Å². The molecule has 0 unspecified atom stereocenters. The Balaban J connectivity index is 2.25. The lowest BCUT2D eigenvalue weighted by atomic mass is 9.75. The third-order valence-corrected chi connectivity index (χ3v) is 3.21. The molecule has 0 saturated carbocycles. The first-order valence-corrected chi connectivity index (χ1v) is 4.91. The fraction of sp³-hybridized carbons (Fsp3) is 1.00. The summed E-state index contributed by atoms with van der Waals surface area (Å²) in [6.07, 6.45) is 1.86. The molecule has 2 aliphatic heterocycles. The number of rotatable bonds is 0. The maximum absolute atomic E-state index is 10.0. The van der Waals surface area contributed by atoms with Crippen molar-refractivity contribution >= 4 is 0 Å². The zero-order valence-electron chi connectivity index (χ0n) is 8.92. The molecule has 2 aliphatic rings. The van der Waals surface area contributed by atoms with E-state index in [-0.39, 0.29) is 16.7 Å². The highest BCUT2D eigenvalue weighted by molar-refractivity contribution is 5.09. The minimum Gasteiger partial charge on any atom is -0.369 e. The Kier molecular flexibility index (Phi) is 1.65. The van der Waals surface area contributed by atoms with Crippen LogP contribution in [0.4, 0.5) is 0 Å². The number of piperidine rings is 1. The predicted octanol–water partition coefficient (Wildman–Crippen LogP) is 1.80. The lowest BCUT2D eigenvalue weighted by Crippen LogP contribution is -2.61. The fourth-order valence-corrected chi connectivity index (χ4v) is 2.91. The van der Waals surface area contributed by atoms with E-state index >= 15 is 0 Å². The molecule has 2 rings (SSSR count). The molecule has 1 N–H and O–H groups in total. The number of epoxide rings is 1. The van der Waals surface area contributed by atoms with Gasteiger partial charge in [0.15, 0.2) is 0 Å². The lowest BCUT2D eigenvalue weighted by molar-refractivity contribution is -0.252. The highest BCUT2D eigenvalue weighted by Gasteiger charge is 2.59. The summed E-state index contributed by atoms with van der Waals surface area (Å²) in [6, 6.07) is 0. The van der Waals surface area contributed by atoms with E-state index in [0.717, 1.165) is 19.4 Å². The summed E-state index contributed by atoms with van der Waals surface area (Å²) in [4.78, 5) is 0. The molecule has 76 valence electrons. The molecular weight excluding hydrogens is 166 g/mol. The smallest absolute Gasteiger partial charge is 0.0953 e. The first kappa shape index (κ1) is 9.44. The van der Waals surface area contributed by atoms with Gasteiger partial charge in [0.1, 0.15) is 0 Å². The highest BCUT2D eigenvalue weighted by atomic mass is 16.6. The Morgan fingerprint density at radius 2 is 1.46 bits per heavy atom. The summed E-state index contributed by atoms with van der Waals surface area (Å²) in [5.74, 6) is 0. The molecule has 0 aromatic carbocycles. The van der Waals surface area contributed by atoms with Crippen molar-refractivity contribution in [2.24, 2.45) is 0 Å². The van der Waals surface area contributed by atoms with E-state index < -0.39 is 0 Å². The molecule has 1 spiro atoms. The molecule has 0 amide bonds. The van der Waals surface area contributed by atoms with Gasteiger partial charge in [-0.2, -0.15) is 5.06 Å². The lowest BCUT2D eigenvalue weighted by Gasteiger charge is -2.50. The maximum atomic E-state index is 10.0. The van der Waals surface area contributed by atoms with Gasteiger partial charge in [-0.05, 0) is 40.5 Å². The van der Waals surface area contributed by atoms with E-state index in [9.17, 15) is 5.21 Å². The molecule has 2 fully saturated rings. The Hall–Kier alpha value is -0.120. The monoisotopic (exact) mass is 185 g/mol. The minimum absolute atomic E-state index is 0.0756. The molecule has 0 radical (unpaired) electrons. The number of hydrogen-bond donors (Lipinski definition) is 1. The Labute approximate surface area is 79.6 Å². The molecule has 2 saturated heterocycles. The highest BCUT2D eigenvalue weighted by Crippen LogP contribution is 2.50.